The van der Waals surface area contributed by atoms with E-state index in [2.05, 4.69) is 69.4 Å². The number of carbonyl (C=O) groups excluding carboxylic acids is 3. The van der Waals surface area contributed by atoms with E-state index in [4.69, 9.17) is 14.2 Å². The van der Waals surface area contributed by atoms with Crippen LogP contribution >= 0.6 is 0 Å². The third-order valence-corrected chi connectivity index (χ3v) is 15.6. The molecule has 0 saturated carbocycles. The molecule has 0 amide bonds. The molecular formula is C72H132O6. The van der Waals surface area contributed by atoms with E-state index in [9.17, 15) is 14.4 Å². The Kier molecular flexibility index (Phi) is 64.6. The Bertz CT molecular complexity index is 1350. The van der Waals surface area contributed by atoms with Crippen molar-refractivity contribution in [2.75, 3.05) is 13.2 Å². The highest BCUT2D eigenvalue weighted by molar-refractivity contribution is 5.71. The van der Waals surface area contributed by atoms with Crippen LogP contribution in [0.15, 0.2) is 48.6 Å². The fraction of sp³-hybridized carbons (Fsp3) is 0.847. The third-order valence-electron chi connectivity index (χ3n) is 15.6. The summed E-state index contributed by atoms with van der Waals surface area (Å²) in [5.74, 6) is -0.840. The zero-order chi connectivity index (χ0) is 56.4. The minimum absolute atomic E-state index is 0.0652. The lowest BCUT2D eigenvalue weighted by molar-refractivity contribution is -0.167. The number of allylic oxidation sites excluding steroid dienone is 8. The molecule has 0 rings (SSSR count). The Labute approximate surface area is 486 Å². The summed E-state index contributed by atoms with van der Waals surface area (Å²) in [7, 11) is 0. The van der Waals surface area contributed by atoms with Gasteiger partial charge in [0.2, 0.25) is 0 Å². The molecular weight excluding hydrogens is 961 g/mol. The molecule has 6 heteroatoms. The van der Waals surface area contributed by atoms with E-state index in [1.165, 1.54) is 250 Å². The molecule has 78 heavy (non-hydrogen) atoms. The number of hydrogen-bond donors (Lipinski definition) is 0. The van der Waals surface area contributed by atoms with Crippen molar-refractivity contribution in [3.8, 4) is 0 Å². The molecule has 0 aromatic carbocycles. The number of ether oxygens (including phenoxy) is 3. The van der Waals surface area contributed by atoms with Gasteiger partial charge < -0.3 is 14.2 Å². The van der Waals surface area contributed by atoms with Gasteiger partial charge in [-0.15, -0.1) is 0 Å². The molecule has 0 N–H and O–H groups in total. The Balaban J connectivity index is 4.03. The van der Waals surface area contributed by atoms with Gasteiger partial charge in [0.15, 0.2) is 6.10 Å². The van der Waals surface area contributed by atoms with E-state index >= 15 is 0 Å². The molecule has 0 aliphatic heterocycles. The molecule has 0 bridgehead atoms. The Hall–Kier alpha value is -2.63. The Morgan fingerprint density at radius 1 is 0.269 bits per heavy atom. The molecule has 0 aromatic heterocycles. The number of carbonyl (C=O) groups is 3. The molecule has 0 saturated heterocycles. The van der Waals surface area contributed by atoms with Crippen LogP contribution in [0, 0.1) is 0 Å². The molecule has 0 fully saturated rings. The minimum Gasteiger partial charge on any atom is -0.462 e. The quantitative estimate of drug-likeness (QED) is 0.0261. The monoisotopic (exact) mass is 1090 g/mol. The van der Waals surface area contributed by atoms with Crippen LogP contribution in [0.25, 0.3) is 0 Å². The van der Waals surface area contributed by atoms with E-state index in [0.717, 1.165) is 83.5 Å². The maximum Gasteiger partial charge on any atom is 0.306 e. The molecule has 0 heterocycles. The van der Waals surface area contributed by atoms with Gasteiger partial charge in [-0.05, 0) is 57.8 Å². The van der Waals surface area contributed by atoms with Crippen molar-refractivity contribution < 1.29 is 28.6 Å². The van der Waals surface area contributed by atoms with Crippen molar-refractivity contribution >= 4 is 17.9 Å². The van der Waals surface area contributed by atoms with Crippen LogP contribution in [0.1, 0.15) is 374 Å². The van der Waals surface area contributed by atoms with Gasteiger partial charge in [-0.3, -0.25) is 14.4 Å². The van der Waals surface area contributed by atoms with Gasteiger partial charge in [0, 0.05) is 19.3 Å². The van der Waals surface area contributed by atoms with E-state index in [1.807, 2.05) is 0 Å². The predicted molar refractivity (Wildman–Crippen MR) is 339 cm³/mol. The van der Waals surface area contributed by atoms with Crippen LogP contribution in [0.2, 0.25) is 0 Å². The van der Waals surface area contributed by atoms with Crippen molar-refractivity contribution in [3.05, 3.63) is 48.6 Å². The first-order valence-electron chi connectivity index (χ1n) is 34.6. The van der Waals surface area contributed by atoms with E-state index in [0.29, 0.717) is 19.3 Å². The van der Waals surface area contributed by atoms with E-state index in [1.54, 1.807) is 0 Å². The SMILES string of the molecule is CC/C=C\C/C=C\C/C=C\C/C=C\CCCCCCCCCCCCCCCCCCCCCCC(=O)OCC(COC(=O)CCCCCCCCCCC)OC(=O)CCCCCCCCCCCCCCCCCCCC. The number of rotatable bonds is 64. The average Bonchev–Trinajstić information content (AvgIpc) is 3.44. The van der Waals surface area contributed by atoms with Gasteiger partial charge in [-0.2, -0.15) is 0 Å². The number of esters is 3. The van der Waals surface area contributed by atoms with Crippen molar-refractivity contribution in [1.82, 2.24) is 0 Å². The predicted octanol–water partition coefficient (Wildman–Crippen LogP) is 23.7. The highest BCUT2D eigenvalue weighted by Gasteiger charge is 2.19. The fourth-order valence-electron chi connectivity index (χ4n) is 10.4. The molecule has 0 aromatic rings. The topological polar surface area (TPSA) is 78.9 Å². The van der Waals surface area contributed by atoms with Crippen molar-refractivity contribution in [3.63, 3.8) is 0 Å². The summed E-state index contributed by atoms with van der Waals surface area (Å²) in [6, 6.07) is 0. The Morgan fingerprint density at radius 2 is 0.500 bits per heavy atom. The summed E-state index contributed by atoms with van der Waals surface area (Å²) in [6.07, 6.45) is 84.5. The molecule has 0 radical (unpaired) electrons. The molecule has 0 aliphatic rings. The highest BCUT2D eigenvalue weighted by Crippen LogP contribution is 2.18. The summed E-state index contributed by atoms with van der Waals surface area (Å²) in [6.45, 7) is 6.57. The first kappa shape index (κ1) is 75.4. The fourth-order valence-corrected chi connectivity index (χ4v) is 10.4. The maximum absolute atomic E-state index is 12.9. The molecule has 1 atom stereocenters. The van der Waals surface area contributed by atoms with Gasteiger partial charge in [0.25, 0.3) is 0 Å². The summed E-state index contributed by atoms with van der Waals surface area (Å²) >= 11 is 0. The largest absolute Gasteiger partial charge is 0.462 e. The van der Waals surface area contributed by atoms with Crippen molar-refractivity contribution in [2.45, 2.75) is 380 Å². The second-order valence-corrected chi connectivity index (χ2v) is 23.4. The standard InChI is InChI=1S/C72H132O6/c1-4-7-10-13-16-19-21-23-25-27-29-30-31-32-33-34-35-36-37-38-39-40-41-42-43-45-46-48-50-53-56-59-62-65-71(74)77-68-69(67-76-70(73)64-61-58-55-52-18-15-12-9-6-3)78-72(75)66-63-60-57-54-51-49-47-44-28-26-24-22-20-17-14-11-8-5-2/h7,10,16,19,23,25,29-30,69H,4-6,8-9,11-15,17-18,20-22,24,26-28,31-68H2,1-3H3/b10-7-,19-16-,25-23-,30-29-. The zero-order valence-corrected chi connectivity index (χ0v) is 52.5. The van der Waals surface area contributed by atoms with Crippen LogP contribution in [-0.4, -0.2) is 37.2 Å². The molecule has 6 nitrogen and oxygen atoms in total. The zero-order valence-electron chi connectivity index (χ0n) is 52.5. The summed E-state index contributed by atoms with van der Waals surface area (Å²) in [5, 5.41) is 0. The highest BCUT2D eigenvalue weighted by atomic mass is 16.6. The van der Waals surface area contributed by atoms with Crippen LogP contribution in [-0.2, 0) is 28.6 Å². The summed E-state index contributed by atoms with van der Waals surface area (Å²) in [5.41, 5.74) is 0. The van der Waals surface area contributed by atoms with E-state index in [-0.39, 0.29) is 31.1 Å². The first-order chi connectivity index (χ1) is 38.5. The minimum atomic E-state index is -0.766. The van der Waals surface area contributed by atoms with Crippen LogP contribution in [0.5, 0.6) is 0 Å². The smallest absolute Gasteiger partial charge is 0.306 e. The first-order valence-corrected chi connectivity index (χ1v) is 34.6. The van der Waals surface area contributed by atoms with Gasteiger partial charge in [0.05, 0.1) is 0 Å². The summed E-state index contributed by atoms with van der Waals surface area (Å²) in [4.78, 5) is 38.2. The van der Waals surface area contributed by atoms with Crippen molar-refractivity contribution in [2.24, 2.45) is 0 Å². The lowest BCUT2D eigenvalue weighted by Gasteiger charge is -2.18. The van der Waals surface area contributed by atoms with Gasteiger partial charge in [-0.1, -0.05) is 345 Å². The second-order valence-electron chi connectivity index (χ2n) is 23.4. The number of hydrogen-bond acceptors (Lipinski definition) is 6. The molecule has 0 spiro atoms. The number of unbranched alkanes of at least 4 members (excludes halogenated alkanes) is 45. The Morgan fingerprint density at radius 3 is 0.782 bits per heavy atom. The second kappa shape index (κ2) is 66.9. The van der Waals surface area contributed by atoms with E-state index < -0.39 is 6.10 Å². The van der Waals surface area contributed by atoms with Gasteiger partial charge in [0.1, 0.15) is 13.2 Å². The average molecular weight is 1090 g/mol. The lowest BCUT2D eigenvalue weighted by Crippen LogP contribution is -2.30. The van der Waals surface area contributed by atoms with Crippen LogP contribution in [0.3, 0.4) is 0 Å². The van der Waals surface area contributed by atoms with Crippen LogP contribution in [0.4, 0.5) is 0 Å². The third kappa shape index (κ3) is 64.2. The molecule has 456 valence electrons. The van der Waals surface area contributed by atoms with Gasteiger partial charge >= 0.3 is 17.9 Å². The van der Waals surface area contributed by atoms with Crippen molar-refractivity contribution in [1.29, 1.82) is 0 Å². The normalized spacial score (nSPS) is 12.3. The molecule has 0 aliphatic carbocycles. The molecule has 1 unspecified atom stereocenters. The maximum atomic E-state index is 12.9. The van der Waals surface area contributed by atoms with Gasteiger partial charge in [-0.25, -0.2) is 0 Å². The summed E-state index contributed by atoms with van der Waals surface area (Å²) < 4.78 is 16.9. The lowest BCUT2D eigenvalue weighted by atomic mass is 10.0. The van der Waals surface area contributed by atoms with Crippen LogP contribution < -0.4 is 0 Å².